The van der Waals surface area contributed by atoms with E-state index in [2.05, 4.69) is 11.1 Å². The lowest BCUT2D eigenvalue weighted by atomic mass is 10.1. The number of aliphatic hydroxyl groups is 1. The first-order valence-electron chi connectivity index (χ1n) is 6.65. The van der Waals surface area contributed by atoms with E-state index in [1.54, 1.807) is 29.4 Å². The zero-order chi connectivity index (χ0) is 15.1. The quantitative estimate of drug-likeness (QED) is 0.886. The monoisotopic (exact) mass is 285 g/mol. The summed E-state index contributed by atoms with van der Waals surface area (Å²) in [5, 5.41) is 18.2. The van der Waals surface area contributed by atoms with E-state index in [9.17, 15) is 9.50 Å². The number of aromatic nitrogens is 1. The van der Waals surface area contributed by atoms with Gasteiger partial charge in [-0.05, 0) is 17.7 Å². The second kappa shape index (κ2) is 7.36. The number of hydrogen-bond donors (Lipinski definition) is 1. The van der Waals surface area contributed by atoms with Crippen LogP contribution in [0.1, 0.15) is 17.5 Å². The zero-order valence-corrected chi connectivity index (χ0v) is 11.5. The van der Waals surface area contributed by atoms with Crippen LogP contribution >= 0.6 is 0 Å². The van der Waals surface area contributed by atoms with Crippen molar-refractivity contribution in [1.29, 1.82) is 5.26 Å². The van der Waals surface area contributed by atoms with Crippen molar-refractivity contribution in [1.82, 2.24) is 4.98 Å². The van der Waals surface area contributed by atoms with Crippen molar-refractivity contribution in [3.63, 3.8) is 0 Å². The van der Waals surface area contributed by atoms with Gasteiger partial charge >= 0.3 is 0 Å². The Morgan fingerprint density at radius 1 is 1.29 bits per heavy atom. The van der Waals surface area contributed by atoms with Crippen LogP contribution in [0.3, 0.4) is 0 Å². The molecule has 0 spiro atoms. The molecule has 0 aliphatic rings. The molecule has 1 heterocycles. The van der Waals surface area contributed by atoms with E-state index < -0.39 is 5.82 Å². The van der Waals surface area contributed by atoms with Gasteiger partial charge in [0.05, 0.1) is 24.8 Å². The Morgan fingerprint density at radius 3 is 2.81 bits per heavy atom. The molecule has 21 heavy (non-hydrogen) atoms. The lowest BCUT2D eigenvalue weighted by Crippen LogP contribution is -2.26. The number of benzene rings is 1. The number of hydrogen-bond acceptors (Lipinski definition) is 4. The number of nitriles is 1. The van der Waals surface area contributed by atoms with Crippen molar-refractivity contribution in [3.8, 4) is 6.07 Å². The van der Waals surface area contributed by atoms with Gasteiger partial charge in [-0.1, -0.05) is 18.2 Å². The molecule has 108 valence electrons. The Balaban J connectivity index is 2.34. The van der Waals surface area contributed by atoms with Crippen LogP contribution in [-0.2, 0) is 13.2 Å². The fraction of sp³-hybridized carbons (Fsp3) is 0.250. The average Bonchev–Trinajstić information content (AvgIpc) is 2.52. The van der Waals surface area contributed by atoms with E-state index in [1.807, 2.05) is 12.1 Å². The molecule has 1 aromatic carbocycles. The maximum absolute atomic E-state index is 14.2. The summed E-state index contributed by atoms with van der Waals surface area (Å²) in [5.74, 6) is -0.400. The van der Waals surface area contributed by atoms with Gasteiger partial charge in [0.15, 0.2) is 0 Å². The number of anilines is 1. The Bertz CT molecular complexity index is 625. The number of para-hydroxylation sites is 1. The predicted molar refractivity (Wildman–Crippen MR) is 77.8 cm³/mol. The lowest BCUT2D eigenvalue weighted by Gasteiger charge is -2.26. The molecular weight excluding hydrogens is 269 g/mol. The average molecular weight is 285 g/mol. The molecule has 0 unspecified atom stereocenters. The molecule has 5 heteroatoms. The van der Waals surface area contributed by atoms with Crippen LogP contribution in [0.15, 0.2) is 42.7 Å². The molecule has 0 saturated heterocycles. The summed E-state index contributed by atoms with van der Waals surface area (Å²) in [6, 6.07) is 10.4. The highest BCUT2D eigenvalue weighted by atomic mass is 19.1. The van der Waals surface area contributed by atoms with E-state index in [0.717, 1.165) is 5.56 Å². The molecule has 0 fully saturated rings. The van der Waals surface area contributed by atoms with Gasteiger partial charge in [0, 0.05) is 31.0 Å². The van der Waals surface area contributed by atoms with Gasteiger partial charge in [-0.3, -0.25) is 4.98 Å². The minimum atomic E-state index is -0.400. The number of nitrogens with zero attached hydrogens (tertiary/aromatic N) is 3. The van der Waals surface area contributed by atoms with Crippen molar-refractivity contribution >= 4 is 5.69 Å². The largest absolute Gasteiger partial charge is 0.392 e. The standard InChI is InChI=1S/C16H16FN3O/c17-15-6-1-5-14(12-21)16(15)20(9-3-7-18)11-13-4-2-8-19-10-13/h1-2,4-6,8,10,21H,3,9,11-12H2. The molecule has 0 radical (unpaired) electrons. The second-order valence-corrected chi connectivity index (χ2v) is 4.60. The van der Waals surface area contributed by atoms with Crippen LogP contribution in [0.2, 0.25) is 0 Å². The first-order valence-corrected chi connectivity index (χ1v) is 6.65. The highest BCUT2D eigenvalue weighted by molar-refractivity contribution is 5.55. The molecule has 0 atom stereocenters. The normalized spacial score (nSPS) is 10.1. The van der Waals surface area contributed by atoms with E-state index in [0.29, 0.717) is 24.3 Å². The van der Waals surface area contributed by atoms with E-state index >= 15 is 0 Å². The Kier molecular flexibility index (Phi) is 5.24. The van der Waals surface area contributed by atoms with Crippen LogP contribution in [0.5, 0.6) is 0 Å². The summed E-state index contributed by atoms with van der Waals surface area (Å²) in [6.45, 7) is 0.575. The van der Waals surface area contributed by atoms with Gasteiger partial charge in [-0.25, -0.2) is 4.39 Å². The van der Waals surface area contributed by atoms with Gasteiger partial charge in [-0.2, -0.15) is 5.26 Å². The van der Waals surface area contributed by atoms with Gasteiger partial charge < -0.3 is 10.0 Å². The van der Waals surface area contributed by atoms with Crippen LogP contribution < -0.4 is 4.90 Å². The van der Waals surface area contributed by atoms with Gasteiger partial charge in [0.25, 0.3) is 0 Å². The highest BCUT2D eigenvalue weighted by Crippen LogP contribution is 2.26. The summed E-state index contributed by atoms with van der Waals surface area (Å²) < 4.78 is 14.2. The van der Waals surface area contributed by atoms with Crippen molar-refractivity contribution in [2.75, 3.05) is 11.4 Å². The SMILES string of the molecule is N#CCCN(Cc1cccnc1)c1c(F)cccc1CO. The minimum absolute atomic E-state index is 0.247. The highest BCUT2D eigenvalue weighted by Gasteiger charge is 2.16. The Labute approximate surface area is 123 Å². The molecule has 0 aliphatic carbocycles. The molecule has 4 nitrogen and oxygen atoms in total. The smallest absolute Gasteiger partial charge is 0.146 e. The number of aliphatic hydroxyl groups excluding tert-OH is 1. The molecule has 1 aromatic heterocycles. The maximum Gasteiger partial charge on any atom is 0.146 e. The predicted octanol–water partition coefficient (Wildman–Crippen LogP) is 2.63. The van der Waals surface area contributed by atoms with Crippen LogP contribution in [0.25, 0.3) is 0 Å². The van der Waals surface area contributed by atoms with Crippen molar-refractivity contribution in [3.05, 3.63) is 59.7 Å². The Hall–Kier alpha value is -2.45. The molecular formula is C16H16FN3O. The summed E-state index contributed by atoms with van der Waals surface area (Å²) in [5.41, 5.74) is 1.78. The van der Waals surface area contributed by atoms with Crippen molar-refractivity contribution < 1.29 is 9.50 Å². The molecule has 2 aromatic rings. The first-order chi connectivity index (χ1) is 10.3. The van der Waals surface area contributed by atoms with Gasteiger partial charge in [0.2, 0.25) is 0 Å². The minimum Gasteiger partial charge on any atom is -0.392 e. The van der Waals surface area contributed by atoms with Crippen molar-refractivity contribution in [2.24, 2.45) is 0 Å². The summed E-state index contributed by atoms with van der Waals surface area (Å²) in [7, 11) is 0. The third kappa shape index (κ3) is 3.77. The third-order valence-corrected chi connectivity index (χ3v) is 3.15. The zero-order valence-electron chi connectivity index (χ0n) is 11.5. The van der Waals surface area contributed by atoms with Crippen molar-refractivity contribution in [2.45, 2.75) is 19.6 Å². The topological polar surface area (TPSA) is 60.2 Å². The molecule has 0 saturated carbocycles. The van der Waals surface area contributed by atoms with Gasteiger partial charge in [-0.15, -0.1) is 0 Å². The summed E-state index contributed by atoms with van der Waals surface area (Å²) >= 11 is 0. The van der Waals surface area contributed by atoms with Gasteiger partial charge in [0.1, 0.15) is 5.82 Å². The maximum atomic E-state index is 14.2. The number of rotatable bonds is 6. The summed E-state index contributed by atoms with van der Waals surface area (Å²) in [4.78, 5) is 5.81. The lowest BCUT2D eigenvalue weighted by molar-refractivity contribution is 0.281. The second-order valence-electron chi connectivity index (χ2n) is 4.60. The van der Waals surface area contributed by atoms with Crippen LogP contribution in [-0.4, -0.2) is 16.6 Å². The van der Waals surface area contributed by atoms with E-state index in [-0.39, 0.29) is 13.0 Å². The Morgan fingerprint density at radius 2 is 2.14 bits per heavy atom. The molecule has 2 rings (SSSR count). The van der Waals surface area contributed by atoms with Crippen LogP contribution in [0, 0.1) is 17.1 Å². The fourth-order valence-corrected chi connectivity index (χ4v) is 2.21. The molecule has 0 bridgehead atoms. The van der Waals surface area contributed by atoms with E-state index in [4.69, 9.17) is 5.26 Å². The van der Waals surface area contributed by atoms with Crippen LogP contribution in [0.4, 0.5) is 10.1 Å². The number of halogens is 1. The molecule has 1 N–H and O–H groups in total. The fourth-order valence-electron chi connectivity index (χ4n) is 2.21. The number of pyridine rings is 1. The first kappa shape index (κ1) is 14.9. The summed E-state index contributed by atoms with van der Waals surface area (Å²) in [6.07, 6.45) is 3.66. The molecule has 0 amide bonds. The van der Waals surface area contributed by atoms with E-state index in [1.165, 1.54) is 6.07 Å². The molecule has 0 aliphatic heterocycles. The third-order valence-electron chi connectivity index (χ3n) is 3.15.